The van der Waals surface area contributed by atoms with Gasteiger partial charge >= 0.3 is 0 Å². The van der Waals surface area contributed by atoms with Crippen molar-refractivity contribution in [1.29, 1.82) is 0 Å². The molecule has 0 spiro atoms. The van der Waals surface area contributed by atoms with Crippen molar-refractivity contribution in [3.05, 3.63) is 58.9 Å². The van der Waals surface area contributed by atoms with Gasteiger partial charge in [0.2, 0.25) is 0 Å². The first-order valence-electron chi connectivity index (χ1n) is 5.41. The molecule has 1 aromatic carbocycles. The normalized spacial score (nSPS) is 10.2. The Morgan fingerprint density at radius 1 is 1.18 bits per heavy atom. The Morgan fingerprint density at radius 2 is 1.94 bits per heavy atom. The fourth-order valence-corrected chi connectivity index (χ4v) is 1.69. The molecule has 0 fully saturated rings. The molecule has 0 unspecified atom stereocenters. The third kappa shape index (κ3) is 3.19. The molecule has 0 saturated heterocycles. The monoisotopic (exact) mass is 247 g/mol. The fourth-order valence-electron chi connectivity index (χ4n) is 1.56. The van der Waals surface area contributed by atoms with Gasteiger partial charge in [0.05, 0.1) is 0 Å². The molecule has 3 N–H and O–H groups in total. The van der Waals surface area contributed by atoms with Gasteiger partial charge in [0.25, 0.3) is 0 Å². The smallest absolute Gasteiger partial charge is 0.0419 e. The second kappa shape index (κ2) is 5.66. The van der Waals surface area contributed by atoms with Crippen LogP contribution in [0.1, 0.15) is 11.1 Å². The summed E-state index contributed by atoms with van der Waals surface area (Å²) < 4.78 is 0. The topological polar surface area (TPSA) is 50.9 Å². The van der Waals surface area contributed by atoms with E-state index in [-0.39, 0.29) is 0 Å². The van der Waals surface area contributed by atoms with Crippen LogP contribution in [0.3, 0.4) is 0 Å². The van der Waals surface area contributed by atoms with Crippen LogP contribution in [-0.4, -0.2) is 4.98 Å². The van der Waals surface area contributed by atoms with E-state index in [1.807, 2.05) is 30.3 Å². The van der Waals surface area contributed by atoms with Crippen LogP contribution in [0.2, 0.25) is 5.02 Å². The van der Waals surface area contributed by atoms with Crippen LogP contribution in [0, 0.1) is 0 Å². The molecule has 0 amide bonds. The largest absolute Gasteiger partial charge is 0.381 e. The minimum Gasteiger partial charge on any atom is -0.381 e. The Labute approximate surface area is 106 Å². The number of hydrogen-bond acceptors (Lipinski definition) is 3. The van der Waals surface area contributed by atoms with Crippen molar-refractivity contribution in [2.24, 2.45) is 5.73 Å². The first-order chi connectivity index (χ1) is 8.29. The van der Waals surface area contributed by atoms with Crippen molar-refractivity contribution < 1.29 is 0 Å². The first-order valence-corrected chi connectivity index (χ1v) is 5.78. The summed E-state index contributed by atoms with van der Waals surface area (Å²) in [6, 6.07) is 9.69. The molecule has 1 aromatic heterocycles. The maximum absolute atomic E-state index is 5.83. The number of aromatic nitrogens is 1. The standard InChI is InChI=1S/C13H14ClN3/c14-12-3-1-10(2-4-12)8-17-13-5-6-16-9-11(13)7-15/h1-6,9H,7-8,15H2,(H,16,17). The predicted octanol–water partition coefficient (Wildman–Crippen LogP) is 2.81. The lowest BCUT2D eigenvalue weighted by atomic mass is 10.2. The van der Waals surface area contributed by atoms with E-state index in [0.29, 0.717) is 6.54 Å². The van der Waals surface area contributed by atoms with Crippen LogP contribution in [-0.2, 0) is 13.1 Å². The predicted molar refractivity (Wildman–Crippen MR) is 70.9 cm³/mol. The van der Waals surface area contributed by atoms with Gasteiger partial charge in [0.1, 0.15) is 0 Å². The van der Waals surface area contributed by atoms with E-state index in [9.17, 15) is 0 Å². The second-order valence-electron chi connectivity index (χ2n) is 3.72. The number of nitrogens with two attached hydrogens (primary N) is 1. The van der Waals surface area contributed by atoms with E-state index < -0.39 is 0 Å². The molecule has 0 aliphatic rings. The summed E-state index contributed by atoms with van der Waals surface area (Å²) in [7, 11) is 0. The summed E-state index contributed by atoms with van der Waals surface area (Å²) in [6.45, 7) is 1.23. The highest BCUT2D eigenvalue weighted by atomic mass is 35.5. The van der Waals surface area contributed by atoms with Crippen molar-refractivity contribution in [1.82, 2.24) is 4.98 Å². The summed E-state index contributed by atoms with van der Waals surface area (Å²) in [5, 5.41) is 4.09. The molecule has 0 atom stereocenters. The zero-order valence-electron chi connectivity index (χ0n) is 9.36. The number of rotatable bonds is 4. The highest BCUT2D eigenvalue weighted by molar-refractivity contribution is 6.30. The number of nitrogens with zero attached hydrogens (tertiary/aromatic N) is 1. The fraction of sp³-hybridized carbons (Fsp3) is 0.154. The Hall–Kier alpha value is -1.58. The Bertz CT molecular complexity index is 482. The molecule has 0 saturated carbocycles. The maximum Gasteiger partial charge on any atom is 0.0419 e. The molecule has 4 heteroatoms. The average molecular weight is 248 g/mol. The van der Waals surface area contributed by atoms with Crippen molar-refractivity contribution in [2.75, 3.05) is 5.32 Å². The Kier molecular flexibility index (Phi) is 3.96. The van der Waals surface area contributed by atoms with Gasteiger partial charge in [-0.2, -0.15) is 0 Å². The third-order valence-corrected chi connectivity index (χ3v) is 2.77. The van der Waals surface area contributed by atoms with Crippen LogP contribution >= 0.6 is 11.6 Å². The Balaban J connectivity index is 2.04. The minimum atomic E-state index is 0.483. The van der Waals surface area contributed by atoms with Crippen molar-refractivity contribution in [3.63, 3.8) is 0 Å². The van der Waals surface area contributed by atoms with Crippen molar-refractivity contribution in [3.8, 4) is 0 Å². The number of halogens is 1. The summed E-state index contributed by atoms with van der Waals surface area (Å²) in [4.78, 5) is 4.05. The number of pyridine rings is 1. The van der Waals surface area contributed by atoms with Gasteiger partial charge in [-0.1, -0.05) is 23.7 Å². The zero-order valence-corrected chi connectivity index (χ0v) is 10.1. The van der Waals surface area contributed by atoms with Gasteiger partial charge < -0.3 is 11.1 Å². The molecule has 0 aliphatic carbocycles. The van der Waals surface area contributed by atoms with E-state index >= 15 is 0 Å². The number of hydrogen-bond donors (Lipinski definition) is 2. The molecular weight excluding hydrogens is 234 g/mol. The lowest BCUT2D eigenvalue weighted by Crippen LogP contribution is -2.05. The van der Waals surface area contributed by atoms with Gasteiger partial charge in [-0.15, -0.1) is 0 Å². The van der Waals surface area contributed by atoms with Gasteiger partial charge in [0, 0.05) is 41.8 Å². The first kappa shape index (κ1) is 11.9. The Morgan fingerprint density at radius 3 is 2.65 bits per heavy atom. The van der Waals surface area contributed by atoms with Crippen LogP contribution < -0.4 is 11.1 Å². The highest BCUT2D eigenvalue weighted by Gasteiger charge is 2.00. The van der Waals surface area contributed by atoms with E-state index in [0.717, 1.165) is 22.8 Å². The van der Waals surface area contributed by atoms with E-state index in [1.165, 1.54) is 5.56 Å². The van der Waals surface area contributed by atoms with Gasteiger partial charge in [-0.3, -0.25) is 4.98 Å². The van der Waals surface area contributed by atoms with Crippen LogP contribution in [0.4, 0.5) is 5.69 Å². The average Bonchev–Trinajstić information content (AvgIpc) is 2.38. The van der Waals surface area contributed by atoms with Gasteiger partial charge in [-0.25, -0.2) is 0 Å². The molecule has 0 radical (unpaired) electrons. The summed E-state index contributed by atoms with van der Waals surface area (Å²) in [6.07, 6.45) is 3.54. The molecule has 1 heterocycles. The van der Waals surface area contributed by atoms with Crippen molar-refractivity contribution in [2.45, 2.75) is 13.1 Å². The van der Waals surface area contributed by atoms with Crippen molar-refractivity contribution >= 4 is 17.3 Å². The molecule has 88 valence electrons. The molecule has 2 aromatic rings. The number of benzene rings is 1. The molecular formula is C13H14ClN3. The second-order valence-corrected chi connectivity index (χ2v) is 4.15. The summed E-state index contributed by atoms with van der Waals surface area (Å²) in [5.41, 5.74) is 8.86. The van der Waals surface area contributed by atoms with Gasteiger partial charge in [0.15, 0.2) is 0 Å². The third-order valence-electron chi connectivity index (χ3n) is 2.52. The van der Waals surface area contributed by atoms with Crippen LogP contribution in [0.5, 0.6) is 0 Å². The SMILES string of the molecule is NCc1cnccc1NCc1ccc(Cl)cc1. The molecule has 17 heavy (non-hydrogen) atoms. The summed E-state index contributed by atoms with van der Waals surface area (Å²) in [5.74, 6) is 0. The van der Waals surface area contributed by atoms with Gasteiger partial charge in [-0.05, 0) is 23.8 Å². The maximum atomic E-state index is 5.83. The molecule has 2 rings (SSSR count). The van der Waals surface area contributed by atoms with E-state index in [4.69, 9.17) is 17.3 Å². The molecule has 0 bridgehead atoms. The summed E-state index contributed by atoms with van der Waals surface area (Å²) >= 11 is 5.83. The zero-order chi connectivity index (χ0) is 12.1. The molecule has 0 aliphatic heterocycles. The number of nitrogens with one attached hydrogen (secondary N) is 1. The van der Waals surface area contributed by atoms with Crippen LogP contribution in [0.25, 0.3) is 0 Å². The minimum absolute atomic E-state index is 0.483. The van der Waals surface area contributed by atoms with E-state index in [1.54, 1.807) is 12.4 Å². The lowest BCUT2D eigenvalue weighted by Gasteiger charge is -2.10. The van der Waals surface area contributed by atoms with Crippen LogP contribution in [0.15, 0.2) is 42.7 Å². The number of anilines is 1. The highest BCUT2D eigenvalue weighted by Crippen LogP contribution is 2.15. The molecule has 3 nitrogen and oxygen atoms in total. The lowest BCUT2D eigenvalue weighted by molar-refractivity contribution is 1.03. The van der Waals surface area contributed by atoms with E-state index in [2.05, 4.69) is 10.3 Å². The quantitative estimate of drug-likeness (QED) is 0.874.